The molecule has 2 aromatic rings. The van der Waals surface area contributed by atoms with E-state index in [0.29, 0.717) is 12.2 Å². The van der Waals surface area contributed by atoms with E-state index in [2.05, 4.69) is 10.3 Å². The van der Waals surface area contributed by atoms with Gasteiger partial charge in [0.1, 0.15) is 0 Å². The zero-order valence-electron chi connectivity index (χ0n) is 11.9. The quantitative estimate of drug-likeness (QED) is 0.902. The summed E-state index contributed by atoms with van der Waals surface area (Å²) >= 11 is 0. The number of aromatic nitrogens is 1. The molecule has 0 aliphatic rings. The first-order valence-corrected chi connectivity index (χ1v) is 6.55. The highest BCUT2D eigenvalue weighted by molar-refractivity contribution is 5.83. The number of rotatable bonds is 3. The predicted octanol–water partition coefficient (Wildman–Crippen LogP) is 2.39. The lowest BCUT2D eigenvalue weighted by Crippen LogP contribution is -2.27. The average Bonchev–Trinajstić information content (AvgIpc) is 2.38. The molecule has 5 nitrogen and oxygen atoms in total. The minimum Gasteiger partial charge on any atom is -0.450 e. The Hall–Kier alpha value is -2.30. The van der Waals surface area contributed by atoms with Gasteiger partial charge in [0.25, 0.3) is 5.56 Å². The molecule has 1 aromatic heterocycles. The van der Waals surface area contributed by atoms with Crippen molar-refractivity contribution >= 4 is 17.0 Å². The van der Waals surface area contributed by atoms with Crippen LogP contribution >= 0.6 is 0 Å². The zero-order chi connectivity index (χ0) is 14.7. The van der Waals surface area contributed by atoms with Gasteiger partial charge in [-0.05, 0) is 43.9 Å². The Balaban J connectivity index is 2.33. The lowest BCUT2D eigenvalue weighted by Gasteiger charge is -2.08. The second kappa shape index (κ2) is 5.77. The number of amides is 1. The molecule has 106 valence electrons. The summed E-state index contributed by atoms with van der Waals surface area (Å²) in [6.45, 7) is 6.15. The smallest absolute Gasteiger partial charge is 0.407 e. The van der Waals surface area contributed by atoms with E-state index < -0.39 is 6.09 Å². The number of hydrogen-bond donors (Lipinski definition) is 2. The minimum atomic E-state index is -0.521. The van der Waals surface area contributed by atoms with Crippen molar-refractivity contribution in [1.82, 2.24) is 10.3 Å². The molecule has 0 bridgehead atoms. The van der Waals surface area contributed by atoms with E-state index in [1.807, 2.05) is 26.0 Å². The van der Waals surface area contributed by atoms with Gasteiger partial charge in [0, 0.05) is 5.56 Å². The van der Waals surface area contributed by atoms with Crippen LogP contribution < -0.4 is 10.9 Å². The summed E-state index contributed by atoms with van der Waals surface area (Å²) in [4.78, 5) is 26.1. The fraction of sp³-hybridized carbons (Fsp3) is 0.333. The molecule has 0 aliphatic heterocycles. The Bertz CT molecular complexity index is 704. The van der Waals surface area contributed by atoms with Crippen molar-refractivity contribution in [3.8, 4) is 0 Å². The summed E-state index contributed by atoms with van der Waals surface area (Å²) in [7, 11) is 0. The van der Waals surface area contributed by atoms with Crippen LogP contribution in [0, 0.1) is 13.8 Å². The maximum Gasteiger partial charge on any atom is 0.407 e. The third-order valence-electron chi connectivity index (χ3n) is 3.07. The normalized spacial score (nSPS) is 10.6. The molecule has 0 radical (unpaired) electrons. The number of alkyl carbamates (subject to hydrolysis) is 1. The maximum absolute atomic E-state index is 12.0. The highest BCUT2D eigenvalue weighted by Gasteiger charge is 2.07. The average molecular weight is 274 g/mol. The van der Waals surface area contributed by atoms with E-state index in [1.165, 1.54) is 0 Å². The van der Waals surface area contributed by atoms with Gasteiger partial charge in [-0.3, -0.25) is 4.79 Å². The molecule has 2 N–H and O–H groups in total. The summed E-state index contributed by atoms with van der Waals surface area (Å²) in [5.74, 6) is 0. The summed E-state index contributed by atoms with van der Waals surface area (Å²) in [6.07, 6.45) is -0.521. The van der Waals surface area contributed by atoms with Crippen molar-refractivity contribution in [2.45, 2.75) is 27.3 Å². The van der Waals surface area contributed by atoms with Crippen LogP contribution in [0.5, 0.6) is 0 Å². The summed E-state index contributed by atoms with van der Waals surface area (Å²) in [5.41, 5.74) is 3.31. The molecular weight excluding hydrogens is 256 g/mol. The van der Waals surface area contributed by atoms with Crippen LogP contribution in [-0.4, -0.2) is 17.7 Å². The van der Waals surface area contributed by atoms with Gasteiger partial charge in [-0.25, -0.2) is 4.79 Å². The Labute approximate surface area is 117 Å². The molecule has 1 amide bonds. The number of pyridine rings is 1. The first-order chi connectivity index (χ1) is 9.51. The second-order valence-electron chi connectivity index (χ2n) is 4.74. The Morgan fingerprint density at radius 2 is 2.05 bits per heavy atom. The van der Waals surface area contributed by atoms with Gasteiger partial charge in [-0.15, -0.1) is 0 Å². The molecule has 0 atom stereocenters. The Morgan fingerprint density at radius 3 is 2.75 bits per heavy atom. The number of aryl methyl sites for hydroxylation is 2. The Kier molecular flexibility index (Phi) is 4.08. The van der Waals surface area contributed by atoms with E-state index in [4.69, 9.17) is 4.74 Å². The van der Waals surface area contributed by atoms with Gasteiger partial charge >= 0.3 is 6.09 Å². The predicted molar refractivity (Wildman–Crippen MR) is 77.9 cm³/mol. The van der Waals surface area contributed by atoms with Crippen LogP contribution in [0.3, 0.4) is 0 Å². The van der Waals surface area contributed by atoms with Crippen molar-refractivity contribution in [2.75, 3.05) is 6.61 Å². The van der Waals surface area contributed by atoms with Crippen molar-refractivity contribution in [1.29, 1.82) is 0 Å². The molecule has 20 heavy (non-hydrogen) atoms. The summed E-state index contributed by atoms with van der Waals surface area (Å²) in [6, 6.07) is 5.83. The largest absolute Gasteiger partial charge is 0.450 e. The molecule has 1 aromatic carbocycles. The van der Waals surface area contributed by atoms with E-state index in [0.717, 1.165) is 22.0 Å². The highest BCUT2D eigenvalue weighted by Crippen LogP contribution is 2.17. The van der Waals surface area contributed by atoms with Crippen molar-refractivity contribution in [3.63, 3.8) is 0 Å². The lowest BCUT2D eigenvalue weighted by atomic mass is 10.1. The standard InChI is InChI=1S/C15H18N2O3/c1-4-20-15(19)16-8-12-7-11-6-9(2)5-10(3)13(11)17-14(12)18/h5-7H,4,8H2,1-3H3,(H,16,19)(H,17,18). The number of aromatic amines is 1. The monoisotopic (exact) mass is 274 g/mol. The minimum absolute atomic E-state index is 0.150. The molecular formula is C15H18N2O3. The number of benzene rings is 1. The molecule has 2 rings (SSSR count). The van der Waals surface area contributed by atoms with Gasteiger partial charge < -0.3 is 15.0 Å². The van der Waals surface area contributed by atoms with Crippen LogP contribution in [0.1, 0.15) is 23.6 Å². The molecule has 0 spiro atoms. The van der Waals surface area contributed by atoms with Gasteiger partial charge in [-0.1, -0.05) is 11.6 Å². The molecule has 0 saturated heterocycles. The third kappa shape index (κ3) is 2.99. The van der Waals surface area contributed by atoms with E-state index >= 15 is 0 Å². The van der Waals surface area contributed by atoms with Crippen LogP contribution in [0.4, 0.5) is 4.79 Å². The molecule has 0 unspecified atom stereocenters. The number of carbonyl (C=O) groups is 1. The van der Waals surface area contributed by atoms with Gasteiger partial charge in [-0.2, -0.15) is 0 Å². The molecule has 5 heteroatoms. The highest BCUT2D eigenvalue weighted by atomic mass is 16.5. The van der Waals surface area contributed by atoms with Gasteiger partial charge in [0.15, 0.2) is 0 Å². The fourth-order valence-electron chi connectivity index (χ4n) is 2.21. The lowest BCUT2D eigenvalue weighted by molar-refractivity contribution is 0.151. The number of ether oxygens (including phenoxy) is 1. The first-order valence-electron chi connectivity index (χ1n) is 6.55. The van der Waals surface area contributed by atoms with Gasteiger partial charge in [0.2, 0.25) is 0 Å². The summed E-state index contributed by atoms with van der Waals surface area (Å²) in [5, 5.41) is 3.51. The topological polar surface area (TPSA) is 71.2 Å². The van der Waals surface area contributed by atoms with Crippen molar-refractivity contribution < 1.29 is 9.53 Å². The first kappa shape index (κ1) is 14.1. The van der Waals surface area contributed by atoms with E-state index in [1.54, 1.807) is 13.0 Å². The van der Waals surface area contributed by atoms with E-state index in [-0.39, 0.29) is 12.1 Å². The van der Waals surface area contributed by atoms with Crippen LogP contribution in [-0.2, 0) is 11.3 Å². The molecule has 1 heterocycles. The number of H-pyrrole nitrogens is 1. The third-order valence-corrected chi connectivity index (χ3v) is 3.07. The van der Waals surface area contributed by atoms with Gasteiger partial charge in [0.05, 0.1) is 18.7 Å². The summed E-state index contributed by atoms with van der Waals surface area (Å²) < 4.78 is 4.77. The maximum atomic E-state index is 12.0. The van der Waals surface area contributed by atoms with Crippen molar-refractivity contribution in [2.24, 2.45) is 0 Å². The number of carbonyl (C=O) groups excluding carboxylic acids is 1. The number of fused-ring (bicyclic) bond motifs is 1. The van der Waals surface area contributed by atoms with E-state index in [9.17, 15) is 9.59 Å². The van der Waals surface area contributed by atoms with Crippen LogP contribution in [0.25, 0.3) is 10.9 Å². The SMILES string of the molecule is CCOC(=O)NCc1cc2cc(C)cc(C)c2[nH]c1=O. The number of nitrogens with one attached hydrogen (secondary N) is 2. The molecule has 0 saturated carbocycles. The van der Waals surface area contributed by atoms with Crippen LogP contribution in [0.15, 0.2) is 23.0 Å². The zero-order valence-corrected chi connectivity index (χ0v) is 11.9. The number of hydrogen-bond acceptors (Lipinski definition) is 3. The fourth-order valence-corrected chi connectivity index (χ4v) is 2.21. The molecule has 0 aliphatic carbocycles. The Morgan fingerprint density at radius 1 is 1.30 bits per heavy atom. The van der Waals surface area contributed by atoms with Crippen molar-refractivity contribution in [3.05, 3.63) is 45.2 Å². The molecule has 0 fully saturated rings. The van der Waals surface area contributed by atoms with Crippen LogP contribution in [0.2, 0.25) is 0 Å². The second-order valence-corrected chi connectivity index (χ2v) is 4.74.